The number of nitrogens with zero attached hydrogens (tertiary/aromatic N) is 3. The zero-order valence-corrected chi connectivity index (χ0v) is 9.57. The summed E-state index contributed by atoms with van der Waals surface area (Å²) in [5.74, 6) is 1.62. The van der Waals surface area contributed by atoms with Crippen LogP contribution < -0.4 is 0 Å². The highest BCUT2D eigenvalue weighted by Crippen LogP contribution is 2.23. The number of rotatable bonds is 4. The van der Waals surface area contributed by atoms with E-state index < -0.39 is 0 Å². The van der Waals surface area contributed by atoms with E-state index in [2.05, 4.69) is 28.9 Å². The summed E-state index contributed by atoms with van der Waals surface area (Å²) >= 11 is 0. The summed E-state index contributed by atoms with van der Waals surface area (Å²) < 4.78 is 5.29. The summed E-state index contributed by atoms with van der Waals surface area (Å²) in [6.07, 6.45) is 4.56. The van der Waals surface area contributed by atoms with Gasteiger partial charge in [0, 0.05) is 6.42 Å². The first-order valence-corrected chi connectivity index (χ1v) is 5.87. The van der Waals surface area contributed by atoms with Crippen molar-refractivity contribution in [2.45, 2.75) is 45.6 Å². The van der Waals surface area contributed by atoms with E-state index in [4.69, 9.17) is 4.52 Å². The molecule has 84 valence electrons. The van der Waals surface area contributed by atoms with E-state index in [0.717, 1.165) is 37.6 Å². The van der Waals surface area contributed by atoms with Gasteiger partial charge in [0.05, 0.1) is 6.04 Å². The predicted molar refractivity (Wildman–Crippen MR) is 57.5 cm³/mol. The molecule has 1 aliphatic rings. The monoisotopic (exact) mass is 209 g/mol. The Bertz CT molecular complexity index is 305. The van der Waals surface area contributed by atoms with Gasteiger partial charge in [0.2, 0.25) is 5.89 Å². The lowest BCUT2D eigenvalue weighted by atomic mass is 10.3. The molecule has 0 spiro atoms. The Hall–Kier alpha value is -0.900. The molecule has 4 heteroatoms. The summed E-state index contributed by atoms with van der Waals surface area (Å²) in [6, 6.07) is 0.283. The van der Waals surface area contributed by atoms with Crippen molar-refractivity contribution in [2.75, 3.05) is 13.1 Å². The van der Waals surface area contributed by atoms with Crippen LogP contribution in [0.2, 0.25) is 0 Å². The highest BCUT2D eigenvalue weighted by molar-refractivity contribution is 4.93. The smallest absolute Gasteiger partial charge is 0.243 e. The number of aromatic nitrogens is 2. The van der Waals surface area contributed by atoms with E-state index in [9.17, 15) is 0 Å². The van der Waals surface area contributed by atoms with Gasteiger partial charge in [-0.1, -0.05) is 12.1 Å². The van der Waals surface area contributed by atoms with Crippen LogP contribution in [0.25, 0.3) is 0 Å². The zero-order chi connectivity index (χ0) is 10.7. The van der Waals surface area contributed by atoms with Crippen molar-refractivity contribution >= 4 is 0 Å². The summed E-state index contributed by atoms with van der Waals surface area (Å²) in [5, 5.41) is 3.99. The maximum atomic E-state index is 5.29. The SMILES string of the molecule is CCCc1noc([C@@H](C)N2CCCC2)n1. The van der Waals surface area contributed by atoms with Gasteiger partial charge < -0.3 is 4.52 Å². The van der Waals surface area contributed by atoms with Crippen LogP contribution in [-0.4, -0.2) is 28.1 Å². The maximum absolute atomic E-state index is 5.29. The van der Waals surface area contributed by atoms with Crippen LogP contribution in [0.4, 0.5) is 0 Å². The Morgan fingerprint density at radius 1 is 1.40 bits per heavy atom. The second-order valence-corrected chi connectivity index (χ2v) is 4.22. The first-order chi connectivity index (χ1) is 7.31. The largest absolute Gasteiger partial charge is 0.338 e. The first kappa shape index (κ1) is 10.6. The van der Waals surface area contributed by atoms with Crippen molar-refractivity contribution in [1.29, 1.82) is 0 Å². The topological polar surface area (TPSA) is 42.2 Å². The number of likely N-dealkylation sites (tertiary alicyclic amines) is 1. The second kappa shape index (κ2) is 4.75. The minimum Gasteiger partial charge on any atom is -0.338 e. The van der Waals surface area contributed by atoms with Crippen molar-refractivity contribution in [3.8, 4) is 0 Å². The molecular formula is C11H19N3O. The molecule has 1 aromatic rings. The van der Waals surface area contributed by atoms with E-state index in [1.165, 1.54) is 12.8 Å². The molecule has 2 rings (SSSR count). The fourth-order valence-electron chi connectivity index (χ4n) is 2.05. The summed E-state index contributed by atoms with van der Waals surface area (Å²) in [6.45, 7) is 6.59. The fourth-order valence-corrected chi connectivity index (χ4v) is 2.05. The van der Waals surface area contributed by atoms with Gasteiger partial charge in [-0.25, -0.2) is 0 Å². The molecule has 1 aromatic heterocycles. The zero-order valence-electron chi connectivity index (χ0n) is 9.57. The minimum atomic E-state index is 0.283. The van der Waals surface area contributed by atoms with Crippen LogP contribution in [0.3, 0.4) is 0 Å². The second-order valence-electron chi connectivity index (χ2n) is 4.22. The molecule has 0 aliphatic carbocycles. The van der Waals surface area contributed by atoms with Crippen molar-refractivity contribution in [2.24, 2.45) is 0 Å². The first-order valence-electron chi connectivity index (χ1n) is 5.87. The molecule has 0 N–H and O–H groups in total. The minimum absolute atomic E-state index is 0.283. The Labute approximate surface area is 90.7 Å². The lowest BCUT2D eigenvalue weighted by Gasteiger charge is -2.19. The van der Waals surface area contributed by atoms with Crippen molar-refractivity contribution in [3.05, 3.63) is 11.7 Å². The van der Waals surface area contributed by atoms with E-state index in [1.807, 2.05) is 0 Å². The number of aryl methyl sites for hydroxylation is 1. The van der Waals surface area contributed by atoms with Crippen LogP contribution >= 0.6 is 0 Å². The predicted octanol–water partition coefficient (Wildman–Crippen LogP) is 2.18. The lowest BCUT2D eigenvalue weighted by Crippen LogP contribution is -2.23. The average Bonchev–Trinajstić information content (AvgIpc) is 2.87. The Kier molecular flexibility index (Phi) is 3.36. The van der Waals surface area contributed by atoms with Crippen LogP contribution in [-0.2, 0) is 6.42 Å². The van der Waals surface area contributed by atoms with Gasteiger partial charge >= 0.3 is 0 Å². The molecule has 0 bridgehead atoms. The molecule has 4 nitrogen and oxygen atoms in total. The summed E-state index contributed by atoms with van der Waals surface area (Å²) in [5.41, 5.74) is 0. The highest BCUT2D eigenvalue weighted by Gasteiger charge is 2.23. The normalized spacial score (nSPS) is 19.6. The molecule has 0 saturated carbocycles. The molecule has 0 unspecified atom stereocenters. The molecule has 1 saturated heterocycles. The third-order valence-corrected chi connectivity index (χ3v) is 3.00. The quantitative estimate of drug-likeness (QED) is 0.762. The van der Waals surface area contributed by atoms with Gasteiger partial charge in [-0.05, 0) is 39.3 Å². The highest BCUT2D eigenvalue weighted by atomic mass is 16.5. The molecule has 15 heavy (non-hydrogen) atoms. The standard InChI is InChI=1S/C11H19N3O/c1-3-6-10-12-11(15-13-10)9(2)14-7-4-5-8-14/h9H,3-8H2,1-2H3/t9-/m1/s1. The fraction of sp³-hybridized carbons (Fsp3) is 0.818. The Morgan fingerprint density at radius 2 is 2.13 bits per heavy atom. The van der Waals surface area contributed by atoms with Crippen LogP contribution in [0.1, 0.15) is 50.9 Å². The van der Waals surface area contributed by atoms with E-state index in [0.29, 0.717) is 0 Å². The number of hydrogen-bond acceptors (Lipinski definition) is 4. The Balaban J connectivity index is 2.00. The molecule has 2 heterocycles. The van der Waals surface area contributed by atoms with Crippen molar-refractivity contribution < 1.29 is 4.52 Å². The van der Waals surface area contributed by atoms with E-state index >= 15 is 0 Å². The molecular weight excluding hydrogens is 190 g/mol. The van der Waals surface area contributed by atoms with Gasteiger partial charge in [0.25, 0.3) is 0 Å². The average molecular weight is 209 g/mol. The molecule has 0 radical (unpaired) electrons. The lowest BCUT2D eigenvalue weighted by molar-refractivity contribution is 0.209. The molecule has 1 atom stereocenters. The van der Waals surface area contributed by atoms with Crippen molar-refractivity contribution in [3.63, 3.8) is 0 Å². The third kappa shape index (κ3) is 2.37. The van der Waals surface area contributed by atoms with Gasteiger partial charge in [-0.2, -0.15) is 4.98 Å². The summed E-state index contributed by atoms with van der Waals surface area (Å²) in [7, 11) is 0. The van der Waals surface area contributed by atoms with Crippen LogP contribution in [0, 0.1) is 0 Å². The van der Waals surface area contributed by atoms with E-state index in [1.54, 1.807) is 0 Å². The molecule has 1 fully saturated rings. The molecule has 0 aromatic carbocycles. The van der Waals surface area contributed by atoms with Gasteiger partial charge in [-0.3, -0.25) is 4.90 Å². The van der Waals surface area contributed by atoms with Gasteiger partial charge in [0.15, 0.2) is 5.82 Å². The molecule has 0 amide bonds. The Morgan fingerprint density at radius 3 is 2.80 bits per heavy atom. The van der Waals surface area contributed by atoms with Gasteiger partial charge in [0.1, 0.15) is 0 Å². The number of hydrogen-bond donors (Lipinski definition) is 0. The third-order valence-electron chi connectivity index (χ3n) is 3.00. The molecule has 1 aliphatic heterocycles. The van der Waals surface area contributed by atoms with Crippen molar-refractivity contribution in [1.82, 2.24) is 15.0 Å². The maximum Gasteiger partial charge on any atom is 0.243 e. The van der Waals surface area contributed by atoms with Crippen LogP contribution in [0.15, 0.2) is 4.52 Å². The summed E-state index contributed by atoms with van der Waals surface area (Å²) in [4.78, 5) is 6.83. The van der Waals surface area contributed by atoms with Gasteiger partial charge in [-0.15, -0.1) is 0 Å². The van der Waals surface area contributed by atoms with E-state index in [-0.39, 0.29) is 6.04 Å². The van der Waals surface area contributed by atoms with Crippen LogP contribution in [0.5, 0.6) is 0 Å².